The minimum absolute atomic E-state index is 0. The number of pyridine rings is 1. The molecule has 3 atom stereocenters. The summed E-state index contributed by atoms with van der Waals surface area (Å²) in [5, 5.41) is 13.7. The van der Waals surface area contributed by atoms with Gasteiger partial charge in [0.25, 0.3) is 5.91 Å². The van der Waals surface area contributed by atoms with E-state index in [-0.39, 0.29) is 30.1 Å². The maximum absolute atomic E-state index is 12.3. The van der Waals surface area contributed by atoms with E-state index in [1.54, 1.807) is 39.1 Å². The van der Waals surface area contributed by atoms with Crippen molar-refractivity contribution in [1.29, 1.82) is 0 Å². The van der Waals surface area contributed by atoms with Crippen LogP contribution in [0.2, 0.25) is 0 Å². The zero-order valence-electron chi connectivity index (χ0n) is 61.1. The number of carbonyl (C=O) groups excluding carboxylic acids is 8. The molecule has 552 valence electrons. The third kappa shape index (κ3) is 64.2. The second-order valence-electron chi connectivity index (χ2n) is 24.5. The number of ether oxygens (including phenoxy) is 5. The average molecular weight is 1390 g/mol. The van der Waals surface area contributed by atoms with Gasteiger partial charge in [0.05, 0.1) is 26.9 Å². The van der Waals surface area contributed by atoms with Crippen molar-refractivity contribution in [3.05, 3.63) is 152 Å². The quantitative estimate of drug-likeness (QED) is 0.0153. The number of rotatable bonds is 47. The van der Waals surface area contributed by atoms with E-state index >= 15 is 0 Å². The summed E-state index contributed by atoms with van der Waals surface area (Å²) in [5.41, 5.74) is 5.04. The highest BCUT2D eigenvalue weighted by atomic mass is 35.5. The second-order valence-corrected chi connectivity index (χ2v) is 24.5. The van der Waals surface area contributed by atoms with Crippen LogP contribution in [0.3, 0.4) is 0 Å². The zero-order valence-corrected chi connectivity index (χ0v) is 61.9. The molecule has 1 aromatic rings. The number of alkyl carbamates (subject to hydrolysis) is 2. The molecule has 1 heterocycles. The molecule has 5 amide bonds. The van der Waals surface area contributed by atoms with E-state index in [0.717, 1.165) is 89.9 Å². The highest BCUT2D eigenvalue weighted by Gasteiger charge is 2.23. The van der Waals surface area contributed by atoms with E-state index in [1.807, 2.05) is 20.8 Å². The van der Waals surface area contributed by atoms with Gasteiger partial charge in [0.1, 0.15) is 29.3 Å². The molecular weight excluding hydrogens is 1270 g/mol. The van der Waals surface area contributed by atoms with Gasteiger partial charge in [0.2, 0.25) is 11.8 Å². The predicted molar refractivity (Wildman–Crippen MR) is 398 cm³/mol. The topological polar surface area (TPSA) is 282 Å². The lowest BCUT2D eigenvalue weighted by Gasteiger charge is -2.20. The molecule has 1 rings (SSSR count). The SMILES string of the molecule is CC/C=C\C/C=C\C/C=C\C/C=C\C/C=C\CCCC(=O)N[C@@H](CCCCNC(=O)OC(C)(C)C)C(=O)OC.CC/C=C\C/C=C\C/C=C\C/C=C\C/C=C\CCCC(=O)N[C@@H](CCCCNC(=O)c1cccnc1)C(=O)OC.COC(=O)[C@@H](N)CCCCNC(=O)OC(C)(C)C.Cl. The normalized spacial score (nSPS) is 12.7. The second kappa shape index (κ2) is 65.1. The number of carbonyl (C=O) groups is 8. The summed E-state index contributed by atoms with van der Waals surface area (Å²) in [6.07, 6.45) is 64.5. The van der Waals surface area contributed by atoms with Crippen molar-refractivity contribution in [3.8, 4) is 0 Å². The first-order valence-corrected chi connectivity index (χ1v) is 34.7. The molecule has 0 aliphatic heterocycles. The fourth-order valence-electron chi connectivity index (χ4n) is 8.33. The van der Waals surface area contributed by atoms with Gasteiger partial charge < -0.3 is 56.0 Å². The first kappa shape index (κ1) is 94.3. The molecule has 0 saturated carbocycles. The van der Waals surface area contributed by atoms with Gasteiger partial charge in [-0.2, -0.15) is 0 Å². The van der Waals surface area contributed by atoms with Crippen LogP contribution >= 0.6 is 12.4 Å². The molecule has 20 nitrogen and oxygen atoms in total. The minimum atomic E-state index is -0.683. The van der Waals surface area contributed by atoms with Crippen molar-refractivity contribution in [3.63, 3.8) is 0 Å². The van der Waals surface area contributed by atoms with Gasteiger partial charge >= 0.3 is 30.1 Å². The Morgan fingerprint density at radius 1 is 0.449 bits per heavy atom. The molecular formula is C77H124ClN7O13. The molecule has 0 bridgehead atoms. The van der Waals surface area contributed by atoms with Crippen LogP contribution in [-0.2, 0) is 47.7 Å². The molecule has 0 aliphatic rings. The van der Waals surface area contributed by atoms with E-state index in [0.29, 0.717) is 95.8 Å². The molecule has 0 unspecified atom stereocenters. The molecule has 0 radical (unpaired) electrons. The highest BCUT2D eigenvalue weighted by molar-refractivity contribution is 5.93. The van der Waals surface area contributed by atoms with Gasteiger partial charge in [-0.05, 0) is 201 Å². The van der Waals surface area contributed by atoms with Crippen LogP contribution < -0.4 is 32.3 Å². The lowest BCUT2D eigenvalue weighted by Crippen LogP contribution is -2.41. The molecule has 0 saturated heterocycles. The number of methoxy groups -OCH3 is 3. The average Bonchev–Trinajstić information content (AvgIpc) is 1.60. The molecule has 0 fully saturated rings. The summed E-state index contributed by atoms with van der Waals surface area (Å²) in [7, 11) is 3.94. The van der Waals surface area contributed by atoms with Gasteiger partial charge in [-0.3, -0.25) is 24.2 Å². The largest absolute Gasteiger partial charge is 0.468 e. The van der Waals surface area contributed by atoms with Crippen molar-refractivity contribution in [2.45, 2.75) is 245 Å². The van der Waals surface area contributed by atoms with E-state index < -0.39 is 59.4 Å². The number of hydrogen-bond donors (Lipinski definition) is 6. The lowest BCUT2D eigenvalue weighted by molar-refractivity contribution is -0.145. The van der Waals surface area contributed by atoms with Crippen LogP contribution in [0.25, 0.3) is 0 Å². The fourth-order valence-corrected chi connectivity index (χ4v) is 8.33. The maximum Gasteiger partial charge on any atom is 0.407 e. The van der Waals surface area contributed by atoms with Crippen LogP contribution in [-0.4, -0.2) is 123 Å². The monoisotopic (exact) mass is 1390 g/mol. The van der Waals surface area contributed by atoms with Gasteiger partial charge in [0, 0.05) is 44.9 Å². The third-order valence-electron chi connectivity index (χ3n) is 13.3. The van der Waals surface area contributed by atoms with Gasteiger partial charge in [-0.25, -0.2) is 19.2 Å². The van der Waals surface area contributed by atoms with E-state index in [2.05, 4.69) is 172 Å². The van der Waals surface area contributed by atoms with E-state index in [4.69, 9.17) is 24.7 Å². The molecule has 0 spiro atoms. The number of halogens is 1. The number of unbranched alkanes of at least 4 members (excludes halogenated alkanes) is 5. The Morgan fingerprint density at radius 2 is 0.776 bits per heavy atom. The number of nitrogens with one attached hydrogen (secondary N) is 5. The van der Waals surface area contributed by atoms with Crippen LogP contribution in [0.1, 0.15) is 226 Å². The van der Waals surface area contributed by atoms with Crippen LogP contribution in [0.4, 0.5) is 9.59 Å². The molecule has 98 heavy (non-hydrogen) atoms. The van der Waals surface area contributed by atoms with Crippen molar-refractivity contribution in [2.24, 2.45) is 5.73 Å². The maximum atomic E-state index is 12.3. The number of aromatic nitrogens is 1. The minimum Gasteiger partial charge on any atom is -0.468 e. The first-order chi connectivity index (χ1) is 46.5. The van der Waals surface area contributed by atoms with Crippen LogP contribution in [0, 0.1) is 0 Å². The van der Waals surface area contributed by atoms with Gasteiger partial charge in [-0.1, -0.05) is 135 Å². The smallest absolute Gasteiger partial charge is 0.407 e. The Labute approximate surface area is 594 Å². The van der Waals surface area contributed by atoms with Crippen molar-refractivity contribution in [1.82, 2.24) is 31.6 Å². The summed E-state index contributed by atoms with van der Waals surface area (Å²) >= 11 is 0. The van der Waals surface area contributed by atoms with Gasteiger partial charge in [-0.15, -0.1) is 12.4 Å². The lowest BCUT2D eigenvalue weighted by atomic mass is 10.1. The summed E-state index contributed by atoms with van der Waals surface area (Å²) < 4.78 is 24.4. The number of hydrogen-bond acceptors (Lipinski definition) is 15. The molecule has 0 aliphatic carbocycles. The van der Waals surface area contributed by atoms with Crippen molar-refractivity contribution < 1.29 is 62.0 Å². The predicted octanol–water partition coefficient (Wildman–Crippen LogP) is 15.4. The van der Waals surface area contributed by atoms with E-state index in [1.165, 1.54) is 27.5 Å². The van der Waals surface area contributed by atoms with E-state index in [9.17, 15) is 38.4 Å². The zero-order chi connectivity index (χ0) is 72.5. The third-order valence-corrected chi connectivity index (χ3v) is 13.3. The number of amides is 5. The Balaban J connectivity index is -0.00000147. The number of esters is 3. The number of nitrogens with two attached hydrogens (primary N) is 1. The Kier molecular flexibility index (Phi) is 62.7. The van der Waals surface area contributed by atoms with Crippen LogP contribution in [0.15, 0.2) is 146 Å². The standard InChI is InChI=1S/C33H47N3O4.C32H52N2O5.C12H24N2O4.ClH/c1-3-4-5-6-7-8-9-10-11-12-13-14-15-16-17-18-19-25-31(37)36-30(33(39)40-2)24-20-21-27-35-32(38)29-23-22-26-34-28-29;1-6-7-8-9-10-11-12-13-14-15-16-17-18-19-20-21-22-26-29(35)34-28(30(36)38-5)25-23-24-27-33-31(37)39-32(2,3)4;1-12(2,3)18-11(16)14-8-6-5-7-9(13)10(15)17-4;/h4-5,7-8,10-11,13-14,16-17,22-23,26,28,30H,3,6,9,12,15,18-21,24-25,27H2,1-2H3,(H,35,38)(H,36,37);7-8,10-11,13-14,16-17,19-20,28H,6,9,12,15,18,21-27H2,1-5H3,(H,33,37)(H,34,35);9H,5-8,13H2,1-4H3,(H,14,16);1H/b5-4-,8-7-,11-10-,14-13-,17-16-;8-7-,11-10-,14-13-,17-16-,20-19-;;/t30-;28-;9-;/m000./s1. The summed E-state index contributed by atoms with van der Waals surface area (Å²) in [6, 6.07) is 1.46. The Bertz CT molecular complexity index is 2600. The summed E-state index contributed by atoms with van der Waals surface area (Å²) in [5.74, 6) is -1.82. The Hall–Kier alpha value is -7.84. The molecule has 7 N–H and O–H groups in total. The van der Waals surface area contributed by atoms with Crippen molar-refractivity contribution >= 4 is 60.2 Å². The highest BCUT2D eigenvalue weighted by Crippen LogP contribution is 2.11. The number of allylic oxidation sites excluding steroid dienone is 20. The van der Waals surface area contributed by atoms with Crippen molar-refractivity contribution in [2.75, 3.05) is 41.0 Å². The Morgan fingerprint density at radius 3 is 1.09 bits per heavy atom. The molecule has 1 aromatic heterocycles. The van der Waals surface area contributed by atoms with Gasteiger partial charge in [0.15, 0.2) is 0 Å². The molecule has 21 heteroatoms. The van der Waals surface area contributed by atoms with Crippen LogP contribution in [0.5, 0.6) is 0 Å². The summed E-state index contributed by atoms with van der Waals surface area (Å²) in [6.45, 7) is 16.5. The fraction of sp³-hybridized carbons (Fsp3) is 0.571. The summed E-state index contributed by atoms with van der Waals surface area (Å²) in [4.78, 5) is 98.7. The molecule has 0 aromatic carbocycles. The first-order valence-electron chi connectivity index (χ1n) is 34.7. The number of nitrogens with zero attached hydrogens (tertiary/aromatic N) is 1.